The molecule has 3 N–H and O–H groups in total. The molecule has 0 radical (unpaired) electrons. The number of piperidine rings is 1. The van der Waals surface area contributed by atoms with E-state index in [-0.39, 0.29) is 23.9 Å². The Balaban J connectivity index is 0.000000417. The SMILES string of the molecule is NCc1cccs1.O=C(NCCCn1ccnc1)C1=NOC2(CCN(S(=O)(=O)c3ccc(F)cc3)CC2)C1. The van der Waals surface area contributed by atoms with E-state index in [4.69, 9.17) is 10.6 Å². The van der Waals surface area contributed by atoms with E-state index in [1.54, 1.807) is 23.9 Å². The number of oxime groups is 1. The van der Waals surface area contributed by atoms with Gasteiger partial charge in [0.15, 0.2) is 0 Å². The predicted octanol–water partition coefficient (Wildman–Crippen LogP) is 2.74. The van der Waals surface area contributed by atoms with Crippen molar-refractivity contribution in [2.45, 2.75) is 49.3 Å². The first kappa shape index (κ1) is 27.9. The van der Waals surface area contributed by atoms with Crippen LogP contribution in [0, 0.1) is 5.82 Å². The first-order valence-electron chi connectivity index (χ1n) is 12.3. The standard InChI is InChI=1S/C20H24FN5O4S.C5H7NS/c21-16-2-4-17(5-3-16)31(28,29)26-11-6-20(7-12-26)14-18(24-30-20)19(27)23-8-1-10-25-13-9-22-15-25;6-4-5-2-1-3-7-5/h2-5,9,13,15H,1,6-8,10-12,14H2,(H,23,27);1-3H,4,6H2. The van der Waals surface area contributed by atoms with Gasteiger partial charge in [-0.1, -0.05) is 11.2 Å². The molecule has 0 unspecified atom stereocenters. The van der Waals surface area contributed by atoms with E-state index in [1.807, 2.05) is 28.3 Å². The Morgan fingerprint density at radius 1 is 1.21 bits per heavy atom. The molecular formula is C25H31FN6O4S2. The monoisotopic (exact) mass is 562 g/mol. The van der Waals surface area contributed by atoms with Gasteiger partial charge in [0.2, 0.25) is 10.0 Å². The largest absolute Gasteiger partial charge is 0.388 e. The third-order valence-electron chi connectivity index (χ3n) is 6.41. The number of aromatic nitrogens is 2. The van der Waals surface area contributed by atoms with E-state index in [0.717, 1.165) is 25.1 Å². The van der Waals surface area contributed by atoms with Crippen molar-refractivity contribution >= 4 is 33.0 Å². The highest BCUT2D eigenvalue weighted by atomic mass is 32.2. The minimum Gasteiger partial charge on any atom is -0.388 e. The molecule has 204 valence electrons. The number of nitrogens with zero attached hydrogens (tertiary/aromatic N) is 4. The fourth-order valence-electron chi connectivity index (χ4n) is 4.21. The average molecular weight is 563 g/mol. The van der Waals surface area contributed by atoms with Crippen LogP contribution in [0.1, 0.15) is 30.6 Å². The van der Waals surface area contributed by atoms with Gasteiger partial charge in [0.05, 0.1) is 11.2 Å². The van der Waals surface area contributed by atoms with Gasteiger partial charge in [0.25, 0.3) is 5.91 Å². The molecule has 1 aromatic carbocycles. The number of thiophene rings is 1. The van der Waals surface area contributed by atoms with E-state index in [2.05, 4.69) is 15.5 Å². The fourth-order valence-corrected chi connectivity index (χ4v) is 6.24. The van der Waals surface area contributed by atoms with E-state index >= 15 is 0 Å². The lowest BCUT2D eigenvalue weighted by molar-refractivity contribution is -0.114. The zero-order valence-electron chi connectivity index (χ0n) is 20.8. The number of halogens is 1. The van der Waals surface area contributed by atoms with Crippen molar-refractivity contribution in [3.05, 3.63) is 71.2 Å². The van der Waals surface area contributed by atoms with Crippen LogP contribution >= 0.6 is 11.3 Å². The van der Waals surface area contributed by atoms with Gasteiger partial charge in [-0.2, -0.15) is 4.31 Å². The minimum atomic E-state index is -3.70. The Morgan fingerprint density at radius 2 is 1.97 bits per heavy atom. The lowest BCUT2D eigenvalue weighted by atomic mass is 9.87. The van der Waals surface area contributed by atoms with Crippen molar-refractivity contribution in [1.29, 1.82) is 0 Å². The van der Waals surface area contributed by atoms with E-state index < -0.39 is 21.4 Å². The zero-order valence-corrected chi connectivity index (χ0v) is 22.5. The number of carbonyl (C=O) groups excluding carboxylic acids is 1. The summed E-state index contributed by atoms with van der Waals surface area (Å²) >= 11 is 1.70. The second-order valence-corrected chi connectivity index (χ2v) is 12.0. The first-order chi connectivity index (χ1) is 18.3. The number of benzene rings is 1. The van der Waals surface area contributed by atoms with Crippen LogP contribution in [0.2, 0.25) is 0 Å². The zero-order chi connectivity index (χ0) is 27.0. The Hall–Kier alpha value is -3.13. The molecule has 13 heteroatoms. The highest BCUT2D eigenvalue weighted by Gasteiger charge is 2.45. The minimum absolute atomic E-state index is 0.0594. The number of carbonyl (C=O) groups is 1. The number of imidazole rings is 1. The lowest BCUT2D eigenvalue weighted by Crippen LogP contribution is -2.47. The molecule has 1 spiro atoms. The van der Waals surface area contributed by atoms with Crippen LogP contribution in [0.3, 0.4) is 0 Å². The van der Waals surface area contributed by atoms with Crippen LogP contribution in [-0.2, 0) is 32.7 Å². The number of hydrogen-bond acceptors (Lipinski definition) is 8. The third-order valence-corrected chi connectivity index (χ3v) is 9.22. The second-order valence-electron chi connectivity index (χ2n) is 9.04. The molecule has 5 rings (SSSR count). The van der Waals surface area contributed by atoms with Gasteiger partial charge in [0, 0.05) is 69.3 Å². The summed E-state index contributed by atoms with van der Waals surface area (Å²) in [6, 6.07) is 8.83. The number of rotatable bonds is 8. The smallest absolute Gasteiger partial charge is 0.269 e. The van der Waals surface area contributed by atoms with Crippen molar-refractivity contribution in [2.75, 3.05) is 19.6 Å². The summed E-state index contributed by atoms with van der Waals surface area (Å²) in [6.07, 6.45) is 7.26. The van der Waals surface area contributed by atoms with Gasteiger partial charge >= 0.3 is 0 Å². The third kappa shape index (κ3) is 7.04. The molecule has 10 nitrogen and oxygen atoms in total. The summed E-state index contributed by atoms with van der Waals surface area (Å²) in [5.74, 6) is -0.746. The maximum Gasteiger partial charge on any atom is 0.269 e. The maximum absolute atomic E-state index is 13.1. The molecular weight excluding hydrogens is 531 g/mol. The van der Waals surface area contributed by atoms with Crippen molar-refractivity contribution in [1.82, 2.24) is 19.2 Å². The number of sulfonamides is 1. The summed E-state index contributed by atoms with van der Waals surface area (Å²) in [5, 5.41) is 8.85. The first-order valence-corrected chi connectivity index (χ1v) is 14.6. The van der Waals surface area contributed by atoms with Gasteiger partial charge in [-0.15, -0.1) is 11.3 Å². The van der Waals surface area contributed by atoms with Crippen LogP contribution in [0.5, 0.6) is 0 Å². The predicted molar refractivity (Wildman–Crippen MR) is 142 cm³/mol. The molecule has 0 atom stereocenters. The normalized spacial score (nSPS) is 16.8. The Morgan fingerprint density at radius 3 is 2.58 bits per heavy atom. The molecule has 4 heterocycles. The molecule has 0 saturated carbocycles. The van der Waals surface area contributed by atoms with Crippen molar-refractivity contribution in [3.8, 4) is 0 Å². The summed E-state index contributed by atoms with van der Waals surface area (Å²) in [6.45, 7) is 2.43. The van der Waals surface area contributed by atoms with Gasteiger partial charge in [-0.3, -0.25) is 4.79 Å². The average Bonchev–Trinajstić information content (AvgIpc) is 3.71. The van der Waals surface area contributed by atoms with Crippen LogP contribution in [0.15, 0.2) is 70.6 Å². The van der Waals surface area contributed by atoms with E-state index in [1.165, 1.54) is 21.3 Å². The molecule has 1 saturated heterocycles. The number of hydrogen-bond donors (Lipinski definition) is 2. The number of nitrogens with two attached hydrogens (primary N) is 1. The van der Waals surface area contributed by atoms with Gasteiger partial charge in [-0.05, 0) is 42.1 Å². The lowest BCUT2D eigenvalue weighted by Gasteiger charge is -2.36. The topological polar surface area (TPSA) is 132 Å². The van der Waals surface area contributed by atoms with Crippen molar-refractivity contribution < 1.29 is 22.4 Å². The molecule has 0 bridgehead atoms. The highest BCUT2D eigenvalue weighted by Crippen LogP contribution is 2.36. The maximum atomic E-state index is 13.1. The molecule has 2 aliphatic rings. The summed E-state index contributed by atoms with van der Waals surface area (Å²) < 4.78 is 41.9. The van der Waals surface area contributed by atoms with Crippen LogP contribution in [-0.4, -0.2) is 59.1 Å². The van der Waals surface area contributed by atoms with Crippen LogP contribution in [0.25, 0.3) is 0 Å². The van der Waals surface area contributed by atoms with Gasteiger partial charge in [0.1, 0.15) is 17.1 Å². The quantitative estimate of drug-likeness (QED) is 0.406. The molecule has 0 aliphatic carbocycles. The molecule has 38 heavy (non-hydrogen) atoms. The molecule has 1 amide bonds. The van der Waals surface area contributed by atoms with E-state index in [0.29, 0.717) is 38.1 Å². The Bertz CT molecular complexity index is 1300. The summed E-state index contributed by atoms with van der Waals surface area (Å²) in [4.78, 5) is 23.3. The highest BCUT2D eigenvalue weighted by molar-refractivity contribution is 7.89. The number of nitrogens with one attached hydrogen (secondary N) is 1. The van der Waals surface area contributed by atoms with Crippen LogP contribution in [0.4, 0.5) is 4.39 Å². The Labute approximate surface area is 225 Å². The van der Waals surface area contributed by atoms with E-state index in [9.17, 15) is 17.6 Å². The Kier molecular flexibility index (Phi) is 9.26. The molecule has 1 fully saturated rings. The summed E-state index contributed by atoms with van der Waals surface area (Å²) in [7, 11) is -3.70. The fraction of sp³-hybridized carbons (Fsp3) is 0.400. The molecule has 2 aromatic heterocycles. The molecule has 3 aromatic rings. The van der Waals surface area contributed by atoms with Crippen molar-refractivity contribution in [3.63, 3.8) is 0 Å². The number of amides is 1. The molecule has 2 aliphatic heterocycles. The number of aryl methyl sites for hydroxylation is 1. The van der Waals surface area contributed by atoms with Crippen molar-refractivity contribution in [2.24, 2.45) is 10.9 Å². The summed E-state index contributed by atoms with van der Waals surface area (Å²) in [5.41, 5.74) is 4.98. The van der Waals surface area contributed by atoms with Crippen LogP contribution < -0.4 is 11.1 Å². The second kappa shape index (κ2) is 12.6. The van der Waals surface area contributed by atoms with Gasteiger partial charge < -0.3 is 20.5 Å². The van der Waals surface area contributed by atoms with Gasteiger partial charge in [-0.25, -0.2) is 17.8 Å².